The smallest absolute Gasteiger partial charge is 0.317 e. The molecule has 0 bridgehead atoms. The number of aliphatic carboxylic acids is 3. The summed E-state index contributed by atoms with van der Waals surface area (Å²) in [6.07, 6.45) is 2.85. The SMILES string of the molecule is CCCCCNC(=O)CN(CCN(CCOO)CCN(CC(=O)O)CC(=O)O)CC(=O)O. The normalized spacial score (nSPS) is 11.3. The van der Waals surface area contributed by atoms with Crippen LogP contribution in [0, 0.1) is 0 Å². The minimum Gasteiger partial charge on any atom is -0.480 e. The Morgan fingerprint density at radius 2 is 1.19 bits per heavy atom. The number of carbonyl (C=O) groups is 4. The van der Waals surface area contributed by atoms with E-state index < -0.39 is 31.0 Å². The molecule has 0 spiro atoms. The van der Waals surface area contributed by atoms with Gasteiger partial charge in [0, 0.05) is 39.3 Å². The zero-order chi connectivity index (χ0) is 24.4. The van der Waals surface area contributed by atoms with Crippen molar-refractivity contribution in [1.29, 1.82) is 0 Å². The summed E-state index contributed by atoms with van der Waals surface area (Å²) >= 11 is 0. The van der Waals surface area contributed by atoms with Gasteiger partial charge in [-0.1, -0.05) is 19.8 Å². The molecule has 0 aromatic heterocycles. The third-order valence-corrected chi connectivity index (χ3v) is 4.51. The maximum absolute atomic E-state index is 12.1. The van der Waals surface area contributed by atoms with Gasteiger partial charge < -0.3 is 20.6 Å². The maximum Gasteiger partial charge on any atom is 0.317 e. The number of hydrogen-bond donors (Lipinski definition) is 5. The van der Waals surface area contributed by atoms with Crippen LogP contribution in [0.3, 0.4) is 0 Å². The Balaban J connectivity index is 4.83. The lowest BCUT2D eigenvalue weighted by molar-refractivity contribution is -0.244. The van der Waals surface area contributed by atoms with Crippen molar-refractivity contribution in [2.75, 3.05) is 72.1 Å². The van der Waals surface area contributed by atoms with Crippen molar-refractivity contribution >= 4 is 23.8 Å². The number of unbranched alkanes of at least 4 members (excludes halogenated alkanes) is 2. The first-order valence-corrected chi connectivity index (χ1v) is 10.5. The second-order valence-electron chi connectivity index (χ2n) is 7.33. The highest BCUT2D eigenvalue weighted by molar-refractivity contribution is 5.79. The molecule has 0 fully saturated rings. The zero-order valence-corrected chi connectivity index (χ0v) is 18.6. The Bertz CT molecular complexity index is 561. The highest BCUT2D eigenvalue weighted by Gasteiger charge is 2.18. The Morgan fingerprint density at radius 1 is 0.719 bits per heavy atom. The molecule has 0 aliphatic carbocycles. The monoisotopic (exact) mass is 464 g/mol. The van der Waals surface area contributed by atoms with E-state index in [9.17, 15) is 19.2 Å². The summed E-state index contributed by atoms with van der Waals surface area (Å²) in [5.41, 5.74) is 0. The molecule has 5 N–H and O–H groups in total. The summed E-state index contributed by atoms with van der Waals surface area (Å²) in [4.78, 5) is 53.7. The van der Waals surface area contributed by atoms with E-state index in [0.717, 1.165) is 19.3 Å². The van der Waals surface area contributed by atoms with Crippen LogP contribution in [0.15, 0.2) is 0 Å². The predicted octanol–water partition coefficient (Wildman–Crippen LogP) is -1.06. The molecule has 186 valence electrons. The van der Waals surface area contributed by atoms with Crippen LogP contribution in [0.5, 0.6) is 0 Å². The second-order valence-corrected chi connectivity index (χ2v) is 7.33. The quantitative estimate of drug-likeness (QED) is 0.0790. The van der Waals surface area contributed by atoms with E-state index in [1.807, 2.05) is 6.92 Å². The molecule has 0 atom stereocenters. The average molecular weight is 465 g/mol. The highest BCUT2D eigenvalue weighted by Crippen LogP contribution is 1.98. The summed E-state index contributed by atoms with van der Waals surface area (Å²) < 4.78 is 0. The van der Waals surface area contributed by atoms with E-state index >= 15 is 0 Å². The molecule has 0 saturated carbocycles. The van der Waals surface area contributed by atoms with Gasteiger partial charge in [-0.3, -0.25) is 39.1 Å². The summed E-state index contributed by atoms with van der Waals surface area (Å²) in [6.45, 7) is 2.36. The largest absolute Gasteiger partial charge is 0.480 e. The van der Waals surface area contributed by atoms with Crippen LogP contribution in [-0.2, 0) is 24.1 Å². The molecule has 0 aliphatic heterocycles. The van der Waals surface area contributed by atoms with Gasteiger partial charge in [0.05, 0.1) is 32.8 Å². The molecule has 0 aromatic carbocycles. The van der Waals surface area contributed by atoms with E-state index in [0.29, 0.717) is 13.1 Å². The van der Waals surface area contributed by atoms with Crippen molar-refractivity contribution in [3.63, 3.8) is 0 Å². The number of nitrogens with zero attached hydrogens (tertiary/aromatic N) is 3. The van der Waals surface area contributed by atoms with E-state index in [4.69, 9.17) is 20.6 Å². The number of hydrogen-bond acceptors (Lipinski definition) is 9. The van der Waals surface area contributed by atoms with Crippen molar-refractivity contribution < 1.29 is 44.6 Å². The van der Waals surface area contributed by atoms with E-state index in [1.54, 1.807) is 4.90 Å². The molecule has 32 heavy (non-hydrogen) atoms. The molecule has 0 saturated heterocycles. The van der Waals surface area contributed by atoms with E-state index in [1.165, 1.54) is 9.80 Å². The molecular formula is C19H36N4O9. The van der Waals surface area contributed by atoms with Crippen molar-refractivity contribution in [2.45, 2.75) is 26.2 Å². The molecular weight excluding hydrogens is 428 g/mol. The molecule has 0 radical (unpaired) electrons. The van der Waals surface area contributed by atoms with Gasteiger partial charge in [-0.2, -0.15) is 0 Å². The third-order valence-electron chi connectivity index (χ3n) is 4.51. The Morgan fingerprint density at radius 3 is 1.62 bits per heavy atom. The lowest BCUT2D eigenvalue weighted by Crippen LogP contribution is -2.46. The number of amides is 1. The van der Waals surface area contributed by atoms with E-state index in [-0.39, 0.29) is 51.8 Å². The minimum absolute atomic E-state index is 0.0469. The van der Waals surface area contributed by atoms with Gasteiger partial charge in [0.25, 0.3) is 0 Å². The van der Waals surface area contributed by atoms with Gasteiger partial charge >= 0.3 is 17.9 Å². The molecule has 0 heterocycles. The van der Waals surface area contributed by atoms with Crippen LogP contribution in [0.25, 0.3) is 0 Å². The number of carbonyl (C=O) groups excluding carboxylic acids is 1. The van der Waals surface area contributed by atoms with Crippen LogP contribution in [-0.4, -0.2) is 131 Å². The summed E-state index contributed by atoms with van der Waals surface area (Å²) in [6, 6.07) is 0. The van der Waals surface area contributed by atoms with Gasteiger partial charge in [-0.05, 0) is 6.42 Å². The van der Waals surface area contributed by atoms with Crippen LogP contribution in [0.2, 0.25) is 0 Å². The van der Waals surface area contributed by atoms with E-state index in [2.05, 4.69) is 10.2 Å². The van der Waals surface area contributed by atoms with Crippen molar-refractivity contribution in [3.8, 4) is 0 Å². The molecule has 0 aromatic rings. The second kappa shape index (κ2) is 18.3. The first-order valence-electron chi connectivity index (χ1n) is 10.5. The minimum atomic E-state index is -1.16. The Hall–Kier alpha value is -2.32. The molecule has 0 aliphatic rings. The summed E-state index contributed by atoms with van der Waals surface area (Å²) in [5, 5.41) is 38.4. The van der Waals surface area contributed by atoms with Crippen LogP contribution < -0.4 is 5.32 Å². The van der Waals surface area contributed by atoms with Crippen LogP contribution in [0.1, 0.15) is 26.2 Å². The summed E-state index contributed by atoms with van der Waals surface area (Å²) in [5.74, 6) is -3.67. The number of carboxylic acid groups (broad SMARTS) is 3. The molecule has 13 heteroatoms. The fourth-order valence-corrected chi connectivity index (χ4v) is 2.93. The maximum atomic E-state index is 12.1. The predicted molar refractivity (Wildman–Crippen MR) is 113 cm³/mol. The van der Waals surface area contributed by atoms with Gasteiger partial charge in [0.1, 0.15) is 0 Å². The number of carboxylic acids is 3. The molecule has 0 unspecified atom stereocenters. The van der Waals surface area contributed by atoms with Crippen LogP contribution >= 0.6 is 0 Å². The lowest BCUT2D eigenvalue weighted by Gasteiger charge is -2.28. The third kappa shape index (κ3) is 17.4. The Labute approximate surface area is 187 Å². The van der Waals surface area contributed by atoms with Gasteiger partial charge in [-0.25, -0.2) is 4.89 Å². The lowest BCUT2D eigenvalue weighted by atomic mass is 10.2. The standard InChI is InChI=1S/C19H36N4O9/c1-2-3-4-5-20-16(24)12-22(13-17(25)26)8-6-21(10-11-32-31)7-9-23(14-18(27)28)15-19(29)30/h31H,2-15H2,1H3,(H,20,24)(H,25,26)(H,27,28)(H,29,30). The zero-order valence-electron chi connectivity index (χ0n) is 18.6. The first-order chi connectivity index (χ1) is 15.2. The molecule has 13 nitrogen and oxygen atoms in total. The fraction of sp³-hybridized carbons (Fsp3) is 0.789. The highest BCUT2D eigenvalue weighted by atomic mass is 17.1. The van der Waals surface area contributed by atoms with Crippen LogP contribution in [0.4, 0.5) is 0 Å². The topological polar surface area (TPSA) is 180 Å². The van der Waals surface area contributed by atoms with Gasteiger partial charge in [-0.15, -0.1) is 0 Å². The van der Waals surface area contributed by atoms with Gasteiger partial charge in [0.2, 0.25) is 5.91 Å². The number of nitrogens with one attached hydrogen (secondary N) is 1. The molecule has 0 rings (SSSR count). The van der Waals surface area contributed by atoms with Gasteiger partial charge in [0.15, 0.2) is 0 Å². The van der Waals surface area contributed by atoms with Crippen molar-refractivity contribution in [2.24, 2.45) is 0 Å². The van der Waals surface area contributed by atoms with Crippen molar-refractivity contribution in [1.82, 2.24) is 20.0 Å². The first kappa shape index (κ1) is 29.7. The Kier molecular flexibility index (Phi) is 16.9. The fourth-order valence-electron chi connectivity index (χ4n) is 2.93. The molecule has 1 amide bonds. The van der Waals surface area contributed by atoms with Crippen molar-refractivity contribution in [3.05, 3.63) is 0 Å². The average Bonchev–Trinajstić information content (AvgIpc) is 2.69. The summed E-state index contributed by atoms with van der Waals surface area (Å²) in [7, 11) is 0. The number of rotatable bonds is 21.